The van der Waals surface area contributed by atoms with Crippen molar-refractivity contribution >= 4 is 16.9 Å². The summed E-state index contributed by atoms with van der Waals surface area (Å²) in [5.41, 5.74) is 5.87. The van der Waals surface area contributed by atoms with Gasteiger partial charge in [-0.2, -0.15) is 5.26 Å². The van der Waals surface area contributed by atoms with Crippen LogP contribution in [0.2, 0.25) is 0 Å². The SMILES string of the molecule is Cc1cc(C)c2[nH]cc(OC(=O)C(C)(C)C)c2c1CN1CCCCC1c1cccc(C#N)c1. The summed E-state index contributed by atoms with van der Waals surface area (Å²) in [5, 5.41) is 10.4. The number of H-pyrrole nitrogens is 1. The van der Waals surface area contributed by atoms with Crippen LogP contribution in [0.1, 0.15) is 73.9 Å². The molecule has 1 aliphatic rings. The van der Waals surface area contributed by atoms with Gasteiger partial charge in [0.05, 0.1) is 22.6 Å². The highest BCUT2D eigenvalue weighted by Crippen LogP contribution is 2.38. The minimum absolute atomic E-state index is 0.238. The molecule has 3 aromatic rings. The van der Waals surface area contributed by atoms with E-state index < -0.39 is 5.41 Å². The third-order valence-electron chi connectivity index (χ3n) is 6.64. The second-order valence-electron chi connectivity index (χ2n) is 10.3. The third-order valence-corrected chi connectivity index (χ3v) is 6.64. The first-order valence-corrected chi connectivity index (χ1v) is 11.8. The average Bonchev–Trinajstić information content (AvgIpc) is 3.20. The van der Waals surface area contributed by atoms with Gasteiger partial charge in [-0.1, -0.05) is 24.6 Å². The van der Waals surface area contributed by atoms with Gasteiger partial charge in [-0.3, -0.25) is 9.69 Å². The largest absolute Gasteiger partial charge is 0.424 e. The van der Waals surface area contributed by atoms with Gasteiger partial charge in [0, 0.05) is 24.2 Å². The van der Waals surface area contributed by atoms with Gasteiger partial charge in [0.2, 0.25) is 0 Å². The number of hydrogen-bond acceptors (Lipinski definition) is 4. The summed E-state index contributed by atoms with van der Waals surface area (Å²) >= 11 is 0. The number of nitriles is 1. The van der Waals surface area contributed by atoms with Crippen LogP contribution in [0.3, 0.4) is 0 Å². The summed E-state index contributed by atoms with van der Waals surface area (Å²) in [7, 11) is 0. The predicted octanol–water partition coefficient (Wildman–Crippen LogP) is 6.34. The molecule has 1 saturated heterocycles. The van der Waals surface area contributed by atoms with Crippen LogP contribution in [0, 0.1) is 30.6 Å². The molecule has 0 bridgehead atoms. The number of rotatable bonds is 4. The molecule has 172 valence electrons. The van der Waals surface area contributed by atoms with Crippen LogP contribution in [0.25, 0.3) is 10.9 Å². The quantitative estimate of drug-likeness (QED) is 0.478. The lowest BCUT2D eigenvalue weighted by atomic mass is 9.92. The van der Waals surface area contributed by atoms with Crippen molar-refractivity contribution in [3.63, 3.8) is 0 Å². The summed E-state index contributed by atoms with van der Waals surface area (Å²) in [6.07, 6.45) is 5.22. The molecule has 5 heteroatoms. The van der Waals surface area contributed by atoms with E-state index in [4.69, 9.17) is 4.74 Å². The maximum Gasteiger partial charge on any atom is 0.316 e. The van der Waals surface area contributed by atoms with Gasteiger partial charge in [-0.15, -0.1) is 0 Å². The number of benzene rings is 2. The molecule has 1 N–H and O–H groups in total. The topological polar surface area (TPSA) is 69.1 Å². The van der Waals surface area contributed by atoms with Crippen molar-refractivity contribution in [3.05, 3.63) is 64.3 Å². The lowest BCUT2D eigenvalue weighted by Crippen LogP contribution is -2.33. The summed E-state index contributed by atoms with van der Waals surface area (Å²) in [5.74, 6) is 0.365. The summed E-state index contributed by atoms with van der Waals surface area (Å²) in [6.45, 7) is 11.6. The van der Waals surface area contributed by atoms with E-state index in [0.29, 0.717) is 11.3 Å². The number of esters is 1. The minimum atomic E-state index is -0.577. The Kier molecular flexibility index (Phi) is 6.32. The van der Waals surface area contributed by atoms with Crippen LogP contribution in [0.15, 0.2) is 36.5 Å². The average molecular weight is 444 g/mol. The number of aromatic nitrogens is 1. The molecular weight excluding hydrogens is 410 g/mol. The highest BCUT2D eigenvalue weighted by Gasteiger charge is 2.28. The first-order valence-electron chi connectivity index (χ1n) is 11.8. The zero-order chi connectivity index (χ0) is 23.8. The van der Waals surface area contributed by atoms with Gasteiger partial charge in [0.1, 0.15) is 0 Å². The van der Waals surface area contributed by atoms with E-state index in [2.05, 4.69) is 41.9 Å². The molecule has 33 heavy (non-hydrogen) atoms. The van der Waals surface area contributed by atoms with Gasteiger partial charge >= 0.3 is 5.97 Å². The van der Waals surface area contributed by atoms with E-state index in [1.54, 1.807) is 0 Å². The number of ether oxygens (including phenoxy) is 1. The first kappa shape index (κ1) is 23.1. The van der Waals surface area contributed by atoms with Crippen LogP contribution in [0.4, 0.5) is 0 Å². The van der Waals surface area contributed by atoms with Crippen LogP contribution in [0.5, 0.6) is 5.75 Å². The molecule has 1 aromatic heterocycles. The molecule has 0 saturated carbocycles. The molecule has 1 aliphatic heterocycles. The fraction of sp³-hybridized carbons (Fsp3) is 0.429. The van der Waals surface area contributed by atoms with Gasteiger partial charge in [0.15, 0.2) is 5.75 Å². The highest BCUT2D eigenvalue weighted by molar-refractivity contribution is 5.94. The smallest absolute Gasteiger partial charge is 0.316 e. The van der Waals surface area contributed by atoms with E-state index in [9.17, 15) is 10.1 Å². The fourth-order valence-electron chi connectivity index (χ4n) is 4.81. The van der Waals surface area contributed by atoms with Crippen LogP contribution < -0.4 is 4.74 Å². The number of nitrogens with one attached hydrogen (secondary N) is 1. The number of piperidine rings is 1. The number of hydrogen-bond donors (Lipinski definition) is 1. The van der Waals surface area contributed by atoms with Crippen LogP contribution >= 0.6 is 0 Å². The van der Waals surface area contributed by atoms with Crippen molar-refractivity contribution in [2.24, 2.45) is 5.41 Å². The lowest BCUT2D eigenvalue weighted by molar-refractivity contribution is -0.142. The highest BCUT2D eigenvalue weighted by atomic mass is 16.5. The van der Waals surface area contributed by atoms with Gasteiger partial charge in [-0.05, 0) is 88.4 Å². The van der Waals surface area contributed by atoms with Gasteiger partial charge in [-0.25, -0.2) is 0 Å². The Balaban J connectivity index is 1.74. The Labute approximate surface area is 196 Å². The molecular formula is C28H33N3O2. The molecule has 2 heterocycles. The maximum absolute atomic E-state index is 12.7. The molecule has 1 fully saturated rings. The van der Waals surface area contributed by atoms with E-state index in [-0.39, 0.29) is 12.0 Å². The monoisotopic (exact) mass is 443 g/mol. The van der Waals surface area contributed by atoms with E-state index >= 15 is 0 Å². The normalized spacial score (nSPS) is 17.2. The Bertz CT molecular complexity index is 1230. The molecule has 0 amide bonds. The fourth-order valence-corrected chi connectivity index (χ4v) is 4.81. The Morgan fingerprint density at radius 3 is 2.73 bits per heavy atom. The van der Waals surface area contributed by atoms with E-state index in [0.717, 1.165) is 42.4 Å². The molecule has 4 rings (SSSR count). The molecule has 1 unspecified atom stereocenters. The zero-order valence-electron chi connectivity index (χ0n) is 20.3. The lowest BCUT2D eigenvalue weighted by Gasteiger charge is -2.36. The molecule has 0 spiro atoms. The Morgan fingerprint density at radius 1 is 1.21 bits per heavy atom. The second-order valence-corrected chi connectivity index (χ2v) is 10.3. The Hall–Kier alpha value is -3.10. The van der Waals surface area contributed by atoms with Gasteiger partial charge < -0.3 is 9.72 Å². The second kappa shape index (κ2) is 9.03. The number of nitrogens with zero attached hydrogens (tertiary/aromatic N) is 2. The molecule has 0 radical (unpaired) electrons. The standard InChI is InChI=1S/C28H33N3O2/c1-18-13-19(2)26-25(24(16-30-26)33-27(32)28(3,4)5)22(18)17-31-12-7-6-11-23(31)21-10-8-9-20(14-21)15-29/h8-10,13-14,16,23,30H,6-7,11-12,17H2,1-5H3. The number of likely N-dealkylation sites (tertiary alicyclic amines) is 1. The van der Waals surface area contributed by atoms with Crippen LogP contribution in [-0.4, -0.2) is 22.4 Å². The zero-order valence-corrected chi connectivity index (χ0v) is 20.3. The number of fused-ring (bicyclic) bond motifs is 1. The van der Waals surface area contributed by atoms with E-state index in [1.807, 2.05) is 45.2 Å². The van der Waals surface area contributed by atoms with Crippen molar-refractivity contribution in [2.75, 3.05) is 6.54 Å². The van der Waals surface area contributed by atoms with Crippen molar-refractivity contribution in [1.82, 2.24) is 9.88 Å². The minimum Gasteiger partial charge on any atom is -0.424 e. The number of aromatic amines is 1. The molecule has 5 nitrogen and oxygen atoms in total. The summed E-state index contributed by atoms with van der Waals surface area (Å²) in [6, 6.07) is 12.7. The molecule has 0 aliphatic carbocycles. The first-order chi connectivity index (χ1) is 15.7. The molecule has 1 atom stereocenters. The summed E-state index contributed by atoms with van der Waals surface area (Å²) in [4.78, 5) is 18.5. The predicted molar refractivity (Wildman–Crippen MR) is 131 cm³/mol. The number of carbonyl (C=O) groups is 1. The number of carbonyl (C=O) groups excluding carboxylic acids is 1. The van der Waals surface area contributed by atoms with Crippen molar-refractivity contribution in [3.8, 4) is 11.8 Å². The molecule has 2 aromatic carbocycles. The van der Waals surface area contributed by atoms with E-state index in [1.165, 1.54) is 23.1 Å². The van der Waals surface area contributed by atoms with Crippen molar-refractivity contribution < 1.29 is 9.53 Å². The van der Waals surface area contributed by atoms with Crippen molar-refractivity contribution in [2.45, 2.75) is 66.5 Å². The van der Waals surface area contributed by atoms with Crippen molar-refractivity contribution in [1.29, 1.82) is 5.26 Å². The maximum atomic E-state index is 12.7. The number of aryl methyl sites for hydroxylation is 2. The summed E-state index contributed by atoms with van der Waals surface area (Å²) < 4.78 is 5.89. The van der Waals surface area contributed by atoms with Gasteiger partial charge in [0.25, 0.3) is 0 Å². The third kappa shape index (κ3) is 4.67. The van der Waals surface area contributed by atoms with Crippen LogP contribution in [-0.2, 0) is 11.3 Å². The Morgan fingerprint density at radius 2 is 2.00 bits per heavy atom.